The van der Waals surface area contributed by atoms with Gasteiger partial charge in [0, 0.05) is 6.54 Å². The lowest BCUT2D eigenvalue weighted by Gasteiger charge is -2.12. The smallest absolute Gasteiger partial charge is 0.113 e. The number of aromatic nitrogens is 2. The van der Waals surface area contributed by atoms with Crippen molar-refractivity contribution in [3.63, 3.8) is 0 Å². The molecule has 0 spiro atoms. The van der Waals surface area contributed by atoms with Crippen LogP contribution in [-0.4, -0.2) is 27.0 Å². The molecule has 0 radical (unpaired) electrons. The summed E-state index contributed by atoms with van der Waals surface area (Å²) in [6.45, 7) is 0.238. The SMILES string of the molecule is NC[C@@H](Cl)[C@@H](O)c1cnc[nH]1. The Kier molecular flexibility index (Phi) is 2.87. The van der Waals surface area contributed by atoms with Gasteiger partial charge in [-0.1, -0.05) is 0 Å². The Morgan fingerprint density at radius 3 is 3.00 bits per heavy atom. The molecule has 4 N–H and O–H groups in total. The molecule has 0 saturated carbocycles. The second-order valence-corrected chi connectivity index (χ2v) is 2.76. The summed E-state index contributed by atoms with van der Waals surface area (Å²) >= 11 is 5.68. The van der Waals surface area contributed by atoms with Gasteiger partial charge in [0.15, 0.2) is 0 Å². The minimum Gasteiger partial charge on any atom is -0.385 e. The standard InChI is InChI=1S/C6H10ClN3O/c7-4(1-8)6(11)5-2-9-3-10-5/h2-4,6,11H,1,8H2,(H,9,10)/t4-,6-/m1/s1. The molecule has 2 atom stereocenters. The molecule has 1 aromatic heterocycles. The third-order valence-corrected chi connectivity index (χ3v) is 1.82. The van der Waals surface area contributed by atoms with Gasteiger partial charge in [0.05, 0.1) is 23.6 Å². The highest BCUT2D eigenvalue weighted by molar-refractivity contribution is 6.21. The average molecular weight is 176 g/mol. The van der Waals surface area contributed by atoms with E-state index in [1.807, 2.05) is 0 Å². The summed E-state index contributed by atoms with van der Waals surface area (Å²) in [6.07, 6.45) is 2.25. The first-order valence-electron chi connectivity index (χ1n) is 3.26. The Morgan fingerprint density at radius 2 is 2.55 bits per heavy atom. The van der Waals surface area contributed by atoms with Gasteiger partial charge >= 0.3 is 0 Å². The Balaban J connectivity index is 2.62. The molecule has 1 rings (SSSR count). The van der Waals surface area contributed by atoms with Crippen LogP contribution in [0.2, 0.25) is 0 Å². The van der Waals surface area contributed by atoms with Crippen LogP contribution in [0.1, 0.15) is 11.8 Å². The summed E-state index contributed by atoms with van der Waals surface area (Å²) in [7, 11) is 0. The lowest BCUT2D eigenvalue weighted by molar-refractivity contribution is 0.170. The van der Waals surface area contributed by atoms with Crippen LogP contribution in [0.4, 0.5) is 0 Å². The number of hydrogen-bond donors (Lipinski definition) is 3. The summed E-state index contributed by atoms with van der Waals surface area (Å²) in [5, 5.41) is 8.93. The molecule has 0 aliphatic rings. The molecular formula is C6H10ClN3O. The van der Waals surface area contributed by atoms with Crippen LogP contribution in [0, 0.1) is 0 Å². The summed E-state index contributed by atoms with van der Waals surface area (Å²) in [5.41, 5.74) is 5.85. The molecular weight excluding hydrogens is 166 g/mol. The van der Waals surface area contributed by atoms with Crippen LogP contribution in [0.3, 0.4) is 0 Å². The zero-order valence-corrected chi connectivity index (χ0v) is 6.62. The molecule has 0 unspecified atom stereocenters. The molecule has 1 heterocycles. The third kappa shape index (κ3) is 1.92. The first kappa shape index (κ1) is 8.52. The van der Waals surface area contributed by atoms with Crippen molar-refractivity contribution >= 4 is 11.6 Å². The van der Waals surface area contributed by atoms with Crippen LogP contribution in [-0.2, 0) is 0 Å². The van der Waals surface area contributed by atoms with Crippen LogP contribution >= 0.6 is 11.6 Å². The van der Waals surface area contributed by atoms with Gasteiger partial charge in [-0.05, 0) is 0 Å². The van der Waals surface area contributed by atoms with Crippen molar-refractivity contribution in [3.05, 3.63) is 18.2 Å². The van der Waals surface area contributed by atoms with E-state index in [9.17, 15) is 5.11 Å². The number of nitrogens with two attached hydrogens (primary N) is 1. The number of halogens is 1. The molecule has 11 heavy (non-hydrogen) atoms. The number of imidazole rings is 1. The van der Waals surface area contributed by atoms with Gasteiger partial charge in [0.25, 0.3) is 0 Å². The van der Waals surface area contributed by atoms with Crippen molar-refractivity contribution < 1.29 is 5.11 Å². The predicted octanol–water partition coefficient (Wildman–Crippen LogP) is 0.00920. The summed E-state index contributed by atoms with van der Waals surface area (Å²) in [5.74, 6) is 0. The number of hydrogen-bond acceptors (Lipinski definition) is 3. The van der Waals surface area contributed by atoms with Crippen molar-refractivity contribution in [3.8, 4) is 0 Å². The highest BCUT2D eigenvalue weighted by Crippen LogP contribution is 2.16. The fourth-order valence-corrected chi connectivity index (χ4v) is 0.888. The van der Waals surface area contributed by atoms with Gasteiger partial charge in [0.2, 0.25) is 0 Å². The van der Waals surface area contributed by atoms with Crippen molar-refractivity contribution in [1.82, 2.24) is 9.97 Å². The fraction of sp³-hybridized carbons (Fsp3) is 0.500. The summed E-state index contributed by atoms with van der Waals surface area (Å²) in [6, 6.07) is 0. The highest BCUT2D eigenvalue weighted by Gasteiger charge is 2.17. The van der Waals surface area contributed by atoms with Crippen LogP contribution in [0.5, 0.6) is 0 Å². The van der Waals surface area contributed by atoms with E-state index in [4.69, 9.17) is 17.3 Å². The maximum Gasteiger partial charge on any atom is 0.113 e. The highest BCUT2D eigenvalue weighted by atomic mass is 35.5. The molecule has 0 fully saturated rings. The zero-order chi connectivity index (χ0) is 8.27. The van der Waals surface area contributed by atoms with Gasteiger partial charge in [-0.25, -0.2) is 4.98 Å². The molecule has 0 amide bonds. The lowest BCUT2D eigenvalue weighted by Crippen LogP contribution is -2.22. The van der Waals surface area contributed by atoms with E-state index < -0.39 is 11.5 Å². The molecule has 0 aromatic carbocycles. The average Bonchev–Trinajstić information content (AvgIpc) is 2.53. The Bertz CT molecular complexity index is 202. The van der Waals surface area contributed by atoms with Crippen LogP contribution < -0.4 is 5.73 Å². The summed E-state index contributed by atoms with van der Waals surface area (Å²) in [4.78, 5) is 6.50. The topological polar surface area (TPSA) is 74.9 Å². The van der Waals surface area contributed by atoms with E-state index >= 15 is 0 Å². The minimum absolute atomic E-state index is 0.238. The molecule has 0 aliphatic carbocycles. The first-order chi connectivity index (χ1) is 5.25. The summed E-state index contributed by atoms with van der Waals surface area (Å²) < 4.78 is 0. The van der Waals surface area contributed by atoms with Crippen LogP contribution in [0.25, 0.3) is 0 Å². The second-order valence-electron chi connectivity index (χ2n) is 2.20. The van der Waals surface area contributed by atoms with Crippen molar-refractivity contribution in [1.29, 1.82) is 0 Å². The second kappa shape index (κ2) is 3.71. The number of aliphatic hydroxyl groups is 1. The Hall–Kier alpha value is -0.580. The van der Waals surface area contributed by atoms with Crippen LogP contribution in [0.15, 0.2) is 12.5 Å². The Morgan fingerprint density at radius 1 is 1.82 bits per heavy atom. The zero-order valence-electron chi connectivity index (χ0n) is 5.87. The van der Waals surface area contributed by atoms with E-state index in [1.165, 1.54) is 12.5 Å². The molecule has 0 bridgehead atoms. The lowest BCUT2D eigenvalue weighted by atomic mass is 10.2. The van der Waals surface area contributed by atoms with Gasteiger partial charge in [-0.2, -0.15) is 0 Å². The van der Waals surface area contributed by atoms with E-state index in [1.54, 1.807) is 0 Å². The number of aromatic amines is 1. The maximum absolute atomic E-state index is 9.39. The molecule has 4 nitrogen and oxygen atoms in total. The van der Waals surface area contributed by atoms with Gasteiger partial charge in [0.1, 0.15) is 6.10 Å². The van der Waals surface area contributed by atoms with Gasteiger partial charge < -0.3 is 15.8 Å². The van der Waals surface area contributed by atoms with Crippen molar-refractivity contribution in [2.24, 2.45) is 5.73 Å². The molecule has 5 heteroatoms. The van der Waals surface area contributed by atoms with E-state index in [2.05, 4.69) is 9.97 Å². The minimum atomic E-state index is -0.760. The van der Waals surface area contributed by atoms with Gasteiger partial charge in [-0.15, -0.1) is 11.6 Å². The first-order valence-corrected chi connectivity index (χ1v) is 3.70. The number of rotatable bonds is 3. The number of alkyl halides is 1. The number of H-pyrrole nitrogens is 1. The molecule has 0 aliphatic heterocycles. The maximum atomic E-state index is 9.39. The number of nitrogens with zero attached hydrogens (tertiary/aromatic N) is 1. The number of aliphatic hydroxyl groups excluding tert-OH is 1. The van der Waals surface area contributed by atoms with E-state index in [0.29, 0.717) is 5.69 Å². The molecule has 1 aromatic rings. The van der Waals surface area contributed by atoms with Crippen molar-refractivity contribution in [2.45, 2.75) is 11.5 Å². The molecule has 0 saturated heterocycles. The predicted molar refractivity (Wildman–Crippen MR) is 42.2 cm³/mol. The normalized spacial score (nSPS) is 16.3. The monoisotopic (exact) mass is 175 g/mol. The Labute approximate surface area is 69.4 Å². The quantitative estimate of drug-likeness (QED) is 0.567. The largest absolute Gasteiger partial charge is 0.385 e. The number of nitrogens with one attached hydrogen (secondary N) is 1. The van der Waals surface area contributed by atoms with Gasteiger partial charge in [-0.3, -0.25) is 0 Å². The third-order valence-electron chi connectivity index (χ3n) is 1.41. The van der Waals surface area contributed by atoms with E-state index in [0.717, 1.165) is 0 Å². The van der Waals surface area contributed by atoms with Crippen molar-refractivity contribution in [2.75, 3.05) is 6.54 Å². The molecule has 62 valence electrons. The van der Waals surface area contributed by atoms with E-state index in [-0.39, 0.29) is 6.54 Å². The fourth-order valence-electron chi connectivity index (χ4n) is 0.752.